The molecule has 0 aliphatic carbocycles. The summed E-state index contributed by atoms with van der Waals surface area (Å²) in [7, 11) is 1.32. The summed E-state index contributed by atoms with van der Waals surface area (Å²) in [4.78, 5) is 38.3. The zero-order valence-corrected chi connectivity index (χ0v) is 17.9. The SMILES string of the molecule is COC(=O)c1ccc(NCC2CCNCC2)cc1C#CCN1C(=O)c2ccccc2C1=O. The minimum absolute atomic E-state index is 0.0559. The van der Waals surface area contributed by atoms with Gasteiger partial charge in [0.2, 0.25) is 0 Å². The fraction of sp³-hybridized carbons (Fsp3) is 0.320. The molecule has 164 valence electrons. The smallest absolute Gasteiger partial charge is 0.339 e. The number of ether oxygens (including phenoxy) is 1. The van der Waals surface area contributed by atoms with Crippen LogP contribution in [0.1, 0.15) is 49.5 Å². The van der Waals surface area contributed by atoms with Crippen LogP contribution in [0, 0.1) is 17.8 Å². The lowest BCUT2D eigenvalue weighted by Gasteiger charge is -2.23. The number of fused-ring (bicyclic) bond motifs is 1. The Balaban J connectivity index is 1.50. The maximum atomic E-state index is 12.5. The zero-order valence-electron chi connectivity index (χ0n) is 17.9. The van der Waals surface area contributed by atoms with Gasteiger partial charge in [-0.3, -0.25) is 14.5 Å². The van der Waals surface area contributed by atoms with E-state index in [1.807, 2.05) is 12.1 Å². The van der Waals surface area contributed by atoms with Crippen molar-refractivity contribution >= 4 is 23.5 Å². The van der Waals surface area contributed by atoms with Crippen molar-refractivity contribution < 1.29 is 19.1 Å². The minimum atomic E-state index is -0.486. The number of hydrogen-bond acceptors (Lipinski definition) is 6. The van der Waals surface area contributed by atoms with Crippen LogP contribution in [0.5, 0.6) is 0 Å². The molecule has 0 aromatic heterocycles. The number of esters is 1. The molecule has 0 saturated carbocycles. The van der Waals surface area contributed by atoms with Crippen molar-refractivity contribution in [3.63, 3.8) is 0 Å². The van der Waals surface area contributed by atoms with E-state index in [0.717, 1.165) is 43.1 Å². The summed E-state index contributed by atoms with van der Waals surface area (Å²) in [5.74, 6) is 5.24. The molecule has 2 amide bonds. The third kappa shape index (κ3) is 4.51. The number of nitrogens with zero attached hydrogens (tertiary/aromatic N) is 1. The molecule has 0 bridgehead atoms. The average molecular weight is 431 g/mol. The molecule has 2 heterocycles. The van der Waals surface area contributed by atoms with Crippen molar-refractivity contribution in [2.45, 2.75) is 12.8 Å². The lowest BCUT2D eigenvalue weighted by molar-refractivity contribution is 0.0598. The number of rotatable bonds is 5. The van der Waals surface area contributed by atoms with E-state index in [2.05, 4.69) is 22.5 Å². The van der Waals surface area contributed by atoms with Gasteiger partial charge in [0.25, 0.3) is 11.8 Å². The maximum Gasteiger partial charge on any atom is 0.339 e. The maximum absolute atomic E-state index is 12.5. The summed E-state index contributed by atoms with van der Waals surface area (Å²) in [5, 5.41) is 6.79. The van der Waals surface area contributed by atoms with Gasteiger partial charge in [0.15, 0.2) is 0 Å². The molecule has 0 unspecified atom stereocenters. The van der Waals surface area contributed by atoms with Crippen LogP contribution in [0.25, 0.3) is 0 Å². The Morgan fingerprint density at radius 2 is 1.81 bits per heavy atom. The number of anilines is 1. The van der Waals surface area contributed by atoms with Gasteiger partial charge in [0.05, 0.1) is 30.3 Å². The van der Waals surface area contributed by atoms with Crippen molar-refractivity contribution in [2.24, 2.45) is 5.92 Å². The van der Waals surface area contributed by atoms with Gasteiger partial charge in [0.1, 0.15) is 0 Å². The van der Waals surface area contributed by atoms with Crippen LogP contribution in [0.2, 0.25) is 0 Å². The molecule has 2 aromatic carbocycles. The molecule has 1 saturated heterocycles. The Hall–Kier alpha value is -3.63. The molecule has 2 aliphatic heterocycles. The number of methoxy groups -OCH3 is 1. The summed E-state index contributed by atoms with van der Waals surface area (Å²) in [6.45, 7) is 2.85. The van der Waals surface area contributed by atoms with Crippen molar-refractivity contribution in [2.75, 3.05) is 38.6 Å². The van der Waals surface area contributed by atoms with Crippen LogP contribution in [-0.2, 0) is 4.74 Å². The lowest BCUT2D eigenvalue weighted by Crippen LogP contribution is -2.31. The Morgan fingerprint density at radius 3 is 2.47 bits per heavy atom. The minimum Gasteiger partial charge on any atom is -0.465 e. The van der Waals surface area contributed by atoms with Crippen LogP contribution in [0.15, 0.2) is 42.5 Å². The van der Waals surface area contributed by atoms with Crippen LogP contribution >= 0.6 is 0 Å². The highest BCUT2D eigenvalue weighted by molar-refractivity contribution is 6.21. The normalized spacial score (nSPS) is 15.7. The summed E-state index contributed by atoms with van der Waals surface area (Å²) in [6, 6.07) is 12.0. The second-order valence-corrected chi connectivity index (χ2v) is 7.87. The number of hydrogen-bond donors (Lipinski definition) is 2. The van der Waals surface area contributed by atoms with Gasteiger partial charge in [-0.25, -0.2) is 4.79 Å². The molecule has 1 fully saturated rings. The van der Waals surface area contributed by atoms with Gasteiger partial charge in [0, 0.05) is 17.8 Å². The van der Waals surface area contributed by atoms with Crippen LogP contribution in [0.3, 0.4) is 0 Å². The molecule has 7 nitrogen and oxygen atoms in total. The zero-order chi connectivity index (χ0) is 22.5. The highest BCUT2D eigenvalue weighted by Gasteiger charge is 2.34. The number of nitrogens with one attached hydrogen (secondary N) is 2. The Kier molecular flexibility index (Phi) is 6.52. The first-order valence-electron chi connectivity index (χ1n) is 10.7. The van der Waals surface area contributed by atoms with Gasteiger partial charge in [-0.15, -0.1) is 0 Å². The Bertz CT molecular complexity index is 1070. The van der Waals surface area contributed by atoms with Crippen molar-refractivity contribution in [1.82, 2.24) is 10.2 Å². The van der Waals surface area contributed by atoms with Crippen molar-refractivity contribution in [3.05, 3.63) is 64.7 Å². The third-order valence-electron chi connectivity index (χ3n) is 5.82. The van der Waals surface area contributed by atoms with Crippen LogP contribution in [0.4, 0.5) is 5.69 Å². The average Bonchev–Trinajstić information content (AvgIpc) is 3.08. The number of imide groups is 1. The molecule has 2 aromatic rings. The number of benzene rings is 2. The number of piperidine rings is 1. The predicted molar refractivity (Wildman–Crippen MR) is 121 cm³/mol. The molecule has 7 heteroatoms. The molecule has 2 N–H and O–H groups in total. The fourth-order valence-corrected chi connectivity index (χ4v) is 3.99. The van der Waals surface area contributed by atoms with Gasteiger partial charge in [-0.1, -0.05) is 24.0 Å². The summed E-state index contributed by atoms with van der Waals surface area (Å²) < 4.78 is 4.88. The molecular weight excluding hydrogens is 406 g/mol. The predicted octanol–water partition coefficient (Wildman–Crippen LogP) is 2.53. The van der Waals surface area contributed by atoms with E-state index >= 15 is 0 Å². The van der Waals surface area contributed by atoms with Gasteiger partial charge >= 0.3 is 5.97 Å². The van der Waals surface area contributed by atoms with E-state index in [4.69, 9.17) is 4.74 Å². The van der Waals surface area contributed by atoms with Crippen LogP contribution in [-0.4, -0.2) is 56.0 Å². The van der Waals surface area contributed by atoms with E-state index in [-0.39, 0.29) is 18.4 Å². The summed E-state index contributed by atoms with van der Waals surface area (Å²) in [5.41, 5.74) is 2.47. The van der Waals surface area contributed by atoms with E-state index in [9.17, 15) is 14.4 Å². The molecule has 32 heavy (non-hydrogen) atoms. The number of carbonyl (C=O) groups is 3. The fourth-order valence-electron chi connectivity index (χ4n) is 3.99. The molecule has 0 atom stereocenters. The summed E-state index contributed by atoms with van der Waals surface area (Å²) >= 11 is 0. The number of amides is 2. The highest BCUT2D eigenvalue weighted by atomic mass is 16.5. The first-order chi connectivity index (χ1) is 15.6. The van der Waals surface area contributed by atoms with Crippen molar-refractivity contribution in [1.29, 1.82) is 0 Å². The van der Waals surface area contributed by atoms with E-state index in [1.165, 1.54) is 7.11 Å². The first kappa shape index (κ1) is 21.6. The molecule has 0 spiro atoms. The second-order valence-electron chi connectivity index (χ2n) is 7.87. The van der Waals surface area contributed by atoms with Gasteiger partial charge in [-0.05, 0) is 62.2 Å². The van der Waals surface area contributed by atoms with Crippen LogP contribution < -0.4 is 10.6 Å². The largest absolute Gasteiger partial charge is 0.465 e. The highest BCUT2D eigenvalue weighted by Crippen LogP contribution is 2.22. The Morgan fingerprint density at radius 1 is 1.12 bits per heavy atom. The second kappa shape index (κ2) is 9.67. The molecule has 0 radical (unpaired) electrons. The standard InChI is InChI=1S/C25H25N3O4/c1-32-25(31)20-9-8-19(27-16-17-10-12-26-13-11-17)15-18(20)5-4-14-28-23(29)21-6-2-3-7-22(21)24(28)30/h2-3,6-9,15,17,26-27H,10-14,16H2,1H3. The number of carbonyl (C=O) groups excluding carboxylic acids is 3. The van der Waals surface area contributed by atoms with Gasteiger partial charge < -0.3 is 15.4 Å². The van der Waals surface area contributed by atoms with E-state index < -0.39 is 5.97 Å². The molecule has 4 rings (SSSR count). The third-order valence-corrected chi connectivity index (χ3v) is 5.82. The first-order valence-corrected chi connectivity index (χ1v) is 10.7. The Labute approximate surface area is 187 Å². The summed E-state index contributed by atoms with van der Waals surface area (Å²) in [6.07, 6.45) is 2.25. The monoisotopic (exact) mass is 431 g/mol. The van der Waals surface area contributed by atoms with E-state index in [1.54, 1.807) is 30.3 Å². The molecular formula is C25H25N3O4. The van der Waals surface area contributed by atoms with Crippen molar-refractivity contribution in [3.8, 4) is 11.8 Å². The quantitative estimate of drug-likeness (QED) is 0.430. The topological polar surface area (TPSA) is 87.7 Å². The van der Waals surface area contributed by atoms with Gasteiger partial charge in [-0.2, -0.15) is 0 Å². The lowest BCUT2D eigenvalue weighted by atomic mass is 9.98. The van der Waals surface area contributed by atoms with E-state index in [0.29, 0.717) is 28.2 Å². The molecule has 2 aliphatic rings.